The SMILES string of the molecule is C[N+](C)(C)CC(CC(=O)O)O[13C](=O)[13CH2][13CH2][13CH2][13CH2][13CH2][13CH2][13CH2][13CH2][13CH2][13CH2][13CH2][13CH2][13CH2][13CH2][13CH3]. The highest BCUT2D eigenvalue weighted by Crippen LogP contribution is 2.14. The first kappa shape index (κ1) is 26.9. The molecule has 0 spiro atoms. The van der Waals surface area contributed by atoms with Gasteiger partial charge < -0.3 is 14.3 Å². The quantitative estimate of drug-likeness (QED) is 0.130. The third kappa shape index (κ3) is 19.7. The lowest BCUT2D eigenvalue weighted by Gasteiger charge is -2.28. The molecule has 28 heavy (non-hydrogen) atoms. The summed E-state index contributed by atoms with van der Waals surface area (Å²) in [5.41, 5.74) is 0. The first-order valence-electron chi connectivity index (χ1n) is 11.5. The van der Waals surface area contributed by atoms with E-state index in [-0.39, 0.29) is 12.4 Å². The van der Waals surface area contributed by atoms with Crippen LogP contribution in [0.5, 0.6) is 0 Å². The molecule has 1 unspecified atom stereocenters. The predicted octanol–water partition coefficient (Wildman–Crippen LogP) is 5.56. The van der Waals surface area contributed by atoms with Gasteiger partial charge in [-0.25, -0.2) is 0 Å². The standard InChI is InChI=1S/C23H45NO4/c1-5-6-7-8-9-10-11-12-13-14-15-16-17-18-23(27)28-21(19-22(25)26)20-24(2,3)4/h21H,5-20H2,1-4H3/p+1/i1+1,5+1,6+1,7+1,8+1,9+1,10+1,11+1,12+1,13+1,14+1,15+1,16+1,17+1,18+1,23+1. The molecule has 0 radical (unpaired) electrons. The van der Waals surface area contributed by atoms with Crippen molar-refractivity contribution >= 4 is 11.9 Å². The Kier molecular flexibility index (Phi) is 16.2. The summed E-state index contributed by atoms with van der Waals surface area (Å²) < 4.78 is 5.98. The lowest BCUT2D eigenvalue weighted by atomic mass is 10.2. The van der Waals surface area contributed by atoms with E-state index in [0.29, 0.717) is 17.4 Å². The molecule has 0 aliphatic carbocycles. The smallest absolute Gasteiger partial charge is 0.307 e. The Morgan fingerprint density at radius 2 is 1.21 bits per heavy atom. The molecule has 0 fully saturated rings. The van der Waals surface area contributed by atoms with E-state index in [4.69, 9.17) is 9.84 Å². The summed E-state index contributed by atoms with van der Waals surface area (Å²) in [5.74, 6) is -1.19. The molecule has 1 N–H and O–H groups in total. The molecule has 0 bridgehead atoms. The number of carboxylic acid groups (broad SMARTS) is 1. The van der Waals surface area contributed by atoms with Gasteiger partial charge in [0.2, 0.25) is 0 Å². The zero-order valence-electron chi connectivity index (χ0n) is 19.0. The van der Waals surface area contributed by atoms with Crippen molar-refractivity contribution in [2.45, 2.75) is 109 Å². The van der Waals surface area contributed by atoms with Gasteiger partial charge in [0, 0.05) is 6.42 Å². The molecule has 0 saturated heterocycles. The van der Waals surface area contributed by atoms with E-state index in [9.17, 15) is 9.59 Å². The first-order chi connectivity index (χ1) is 13.2. The van der Waals surface area contributed by atoms with E-state index in [1.54, 1.807) is 0 Å². The molecule has 0 aromatic carbocycles. The van der Waals surface area contributed by atoms with Crippen LogP contribution in [0.4, 0.5) is 0 Å². The van der Waals surface area contributed by atoms with Gasteiger partial charge in [-0.05, 0) is 6.42 Å². The second-order valence-corrected chi connectivity index (χ2v) is 9.18. The molecule has 0 aromatic heterocycles. The molecule has 0 heterocycles. The molecule has 166 valence electrons. The summed E-state index contributed by atoms with van der Waals surface area (Å²) in [6.45, 7) is 2.77. The number of quaternary nitrogens is 1. The third-order valence-corrected chi connectivity index (χ3v) is 4.94. The van der Waals surface area contributed by atoms with Gasteiger partial charge in [-0.3, -0.25) is 9.59 Å². The van der Waals surface area contributed by atoms with Crippen LogP contribution in [0.3, 0.4) is 0 Å². The highest BCUT2D eigenvalue weighted by molar-refractivity contribution is 5.71. The van der Waals surface area contributed by atoms with E-state index >= 15 is 0 Å². The van der Waals surface area contributed by atoms with E-state index in [2.05, 4.69) is 6.92 Å². The van der Waals surface area contributed by atoms with Crippen molar-refractivity contribution in [3.05, 3.63) is 0 Å². The van der Waals surface area contributed by atoms with Crippen LogP contribution >= 0.6 is 0 Å². The first-order valence-corrected chi connectivity index (χ1v) is 11.5. The number of nitrogens with zero attached hydrogens (tertiary/aromatic N) is 1. The molecule has 0 aliphatic heterocycles. The van der Waals surface area contributed by atoms with Crippen LogP contribution in [0, 0.1) is 0 Å². The minimum atomic E-state index is -0.924. The predicted molar refractivity (Wildman–Crippen MR) is 115 cm³/mol. The lowest BCUT2D eigenvalue weighted by Crippen LogP contribution is -2.43. The van der Waals surface area contributed by atoms with Crippen molar-refractivity contribution in [2.75, 3.05) is 27.7 Å². The van der Waals surface area contributed by atoms with Gasteiger partial charge >= 0.3 is 11.9 Å². The number of likely N-dealkylation sites (N-methyl/N-ethyl adjacent to an activating group) is 1. The van der Waals surface area contributed by atoms with Crippen molar-refractivity contribution in [1.82, 2.24) is 0 Å². The van der Waals surface area contributed by atoms with Gasteiger partial charge in [-0.2, -0.15) is 0 Å². The normalized spacial score (nSPS) is 12.7. The summed E-state index contributed by atoms with van der Waals surface area (Å²) in [7, 11) is 5.90. The highest BCUT2D eigenvalue weighted by Gasteiger charge is 2.24. The fraction of sp³-hybridized carbons (Fsp3) is 0.913. The minimum absolute atomic E-state index is 0.125. The van der Waals surface area contributed by atoms with Crippen LogP contribution in [0.1, 0.15) is 103 Å². The minimum Gasteiger partial charge on any atom is -0.481 e. The third-order valence-electron chi connectivity index (χ3n) is 4.94. The largest absolute Gasteiger partial charge is 0.481 e. The highest BCUT2D eigenvalue weighted by atomic mass is 16.6. The summed E-state index contributed by atoms with van der Waals surface area (Å²) in [4.78, 5) is 23.0. The molecule has 5 heteroatoms. The van der Waals surface area contributed by atoms with Crippen LogP contribution in [-0.4, -0.2) is 55.3 Å². The number of rotatable bonds is 19. The summed E-state index contributed by atoms with van der Waals surface area (Å²) in [5, 5.41) is 8.99. The number of hydrogen-bond donors (Lipinski definition) is 1. The average molecular weight is 417 g/mol. The van der Waals surface area contributed by atoms with Crippen molar-refractivity contribution in [2.24, 2.45) is 0 Å². The average Bonchev–Trinajstić information content (AvgIpc) is 2.56. The molecule has 5 nitrogen and oxygen atoms in total. The molecule has 0 aliphatic rings. The Labute approximate surface area is 173 Å². The summed E-state index contributed by atoms with van der Waals surface area (Å²) in [6, 6.07) is 0. The fourth-order valence-electron chi connectivity index (χ4n) is 3.48. The Morgan fingerprint density at radius 3 is 1.61 bits per heavy atom. The van der Waals surface area contributed by atoms with E-state index < -0.39 is 12.1 Å². The summed E-state index contributed by atoms with van der Waals surface area (Å²) >= 11 is 0. The number of carboxylic acids is 1. The van der Waals surface area contributed by atoms with Crippen LogP contribution in [0.2, 0.25) is 0 Å². The van der Waals surface area contributed by atoms with Gasteiger partial charge in [0.15, 0.2) is 6.10 Å². The van der Waals surface area contributed by atoms with Crippen LogP contribution in [-0.2, 0) is 14.3 Å². The molecule has 0 rings (SSSR count). The maximum atomic E-state index is 12.0. The molecule has 0 amide bonds. The van der Waals surface area contributed by atoms with Gasteiger partial charge in [0.25, 0.3) is 0 Å². The molecule has 0 saturated carbocycles. The van der Waals surface area contributed by atoms with Crippen molar-refractivity contribution in [3.63, 3.8) is 0 Å². The Balaban J connectivity index is 3.63. The number of hydrogen-bond acceptors (Lipinski definition) is 3. The zero-order chi connectivity index (χ0) is 21.3. The van der Waals surface area contributed by atoms with Crippen LogP contribution < -0.4 is 0 Å². The number of carbonyl (C=O) groups is 2. The van der Waals surface area contributed by atoms with E-state index in [0.717, 1.165) is 12.8 Å². The maximum absolute atomic E-state index is 12.0. The number of aliphatic carboxylic acids is 1. The van der Waals surface area contributed by atoms with Crippen molar-refractivity contribution in [3.8, 4) is 0 Å². The van der Waals surface area contributed by atoms with Crippen LogP contribution in [0.15, 0.2) is 0 Å². The fourth-order valence-corrected chi connectivity index (χ4v) is 3.48. The second kappa shape index (κ2) is 16.8. The molecular formula is C23H46NO4+. The summed E-state index contributed by atoms with van der Waals surface area (Å²) in [6.07, 6.45) is 16.2. The molecule has 0 aromatic rings. The number of ether oxygens (including phenoxy) is 1. The number of carbonyl (C=O) groups excluding carboxylic acids is 1. The van der Waals surface area contributed by atoms with Gasteiger partial charge in [-0.1, -0.05) is 84.0 Å². The van der Waals surface area contributed by atoms with Gasteiger partial charge in [0.05, 0.1) is 27.6 Å². The Hall–Kier alpha value is -1.10. The molecule has 1 atom stereocenters. The van der Waals surface area contributed by atoms with Gasteiger partial charge in [-0.15, -0.1) is 0 Å². The topological polar surface area (TPSA) is 63.6 Å². The van der Waals surface area contributed by atoms with E-state index in [1.807, 2.05) is 21.1 Å². The zero-order valence-corrected chi connectivity index (χ0v) is 19.0. The monoisotopic (exact) mass is 416 g/mol. The van der Waals surface area contributed by atoms with E-state index in [1.165, 1.54) is 70.6 Å². The van der Waals surface area contributed by atoms with Crippen molar-refractivity contribution in [1.29, 1.82) is 0 Å². The van der Waals surface area contributed by atoms with Crippen LogP contribution in [0.25, 0.3) is 0 Å². The second-order valence-electron chi connectivity index (χ2n) is 9.18. The van der Waals surface area contributed by atoms with Gasteiger partial charge in [0.1, 0.15) is 6.54 Å². The number of unbranched alkanes of at least 4 members (excludes halogenated alkanes) is 12. The number of esters is 1. The maximum Gasteiger partial charge on any atom is 0.307 e. The van der Waals surface area contributed by atoms with Crippen molar-refractivity contribution < 1.29 is 23.9 Å². The Bertz CT molecular complexity index is 404. The molecular weight excluding hydrogens is 370 g/mol. The Morgan fingerprint density at radius 1 is 0.786 bits per heavy atom. The lowest BCUT2D eigenvalue weighted by molar-refractivity contribution is -0.873.